The van der Waals surface area contributed by atoms with Crippen LogP contribution in [0.25, 0.3) is 17.1 Å². The van der Waals surface area contributed by atoms with Gasteiger partial charge in [-0.05, 0) is 42.8 Å². The SMILES string of the molecule is Cc1occc1-c1nnc(SCc2ccc(C(=O)O)cc2)n1-c1ccccc1. The maximum atomic E-state index is 11.0. The second-order valence-corrected chi connectivity index (χ2v) is 7.10. The van der Waals surface area contributed by atoms with Gasteiger partial charge >= 0.3 is 5.97 Å². The zero-order valence-electron chi connectivity index (χ0n) is 15.1. The highest BCUT2D eigenvalue weighted by Gasteiger charge is 2.18. The second kappa shape index (κ2) is 7.74. The van der Waals surface area contributed by atoms with Crippen molar-refractivity contribution in [1.82, 2.24) is 14.8 Å². The van der Waals surface area contributed by atoms with Gasteiger partial charge in [0.25, 0.3) is 0 Å². The predicted molar refractivity (Wildman–Crippen MR) is 107 cm³/mol. The standard InChI is InChI=1S/C21H17N3O3S/c1-14-18(11-12-27-14)19-22-23-21(24(19)17-5-3-2-4-6-17)28-13-15-7-9-16(10-8-15)20(25)26/h2-12H,13H2,1H3,(H,25,26). The number of aromatic nitrogens is 3. The van der Waals surface area contributed by atoms with E-state index in [0.717, 1.165) is 33.6 Å². The van der Waals surface area contributed by atoms with Crippen LogP contribution in [0.2, 0.25) is 0 Å². The fourth-order valence-corrected chi connectivity index (χ4v) is 3.76. The number of aromatic carboxylic acids is 1. The minimum absolute atomic E-state index is 0.277. The highest BCUT2D eigenvalue weighted by molar-refractivity contribution is 7.98. The molecule has 0 aliphatic carbocycles. The van der Waals surface area contributed by atoms with Gasteiger partial charge in [0.2, 0.25) is 0 Å². The van der Waals surface area contributed by atoms with E-state index in [0.29, 0.717) is 5.75 Å². The van der Waals surface area contributed by atoms with E-state index in [1.54, 1.807) is 30.2 Å². The third-order valence-corrected chi connectivity index (χ3v) is 5.32. The van der Waals surface area contributed by atoms with Crippen molar-refractivity contribution in [3.05, 3.63) is 83.8 Å². The average Bonchev–Trinajstić information content (AvgIpc) is 3.33. The number of hydrogen-bond acceptors (Lipinski definition) is 5. The Balaban J connectivity index is 1.66. The number of rotatable bonds is 6. The number of para-hydroxylation sites is 1. The van der Waals surface area contributed by atoms with Crippen LogP contribution in [0.1, 0.15) is 21.7 Å². The Kier molecular flexibility index (Phi) is 4.99. The Labute approximate surface area is 165 Å². The monoisotopic (exact) mass is 391 g/mol. The van der Waals surface area contributed by atoms with Gasteiger partial charge in [0.05, 0.1) is 17.4 Å². The number of nitrogens with zero attached hydrogens (tertiary/aromatic N) is 3. The predicted octanol–water partition coefficient (Wildman–Crippen LogP) is 4.83. The van der Waals surface area contributed by atoms with Crippen LogP contribution in [0.5, 0.6) is 0 Å². The molecule has 28 heavy (non-hydrogen) atoms. The maximum Gasteiger partial charge on any atom is 0.335 e. The summed E-state index contributed by atoms with van der Waals surface area (Å²) in [6, 6.07) is 18.7. The summed E-state index contributed by atoms with van der Waals surface area (Å²) in [7, 11) is 0. The summed E-state index contributed by atoms with van der Waals surface area (Å²) in [5, 5.41) is 18.6. The van der Waals surface area contributed by atoms with Crippen molar-refractivity contribution >= 4 is 17.7 Å². The topological polar surface area (TPSA) is 81.2 Å². The Morgan fingerprint density at radius 2 is 1.82 bits per heavy atom. The highest BCUT2D eigenvalue weighted by atomic mass is 32.2. The third kappa shape index (κ3) is 3.57. The van der Waals surface area contributed by atoms with E-state index in [2.05, 4.69) is 10.2 Å². The summed E-state index contributed by atoms with van der Waals surface area (Å²) >= 11 is 1.54. The van der Waals surface area contributed by atoms with E-state index in [-0.39, 0.29) is 5.56 Å². The van der Waals surface area contributed by atoms with Gasteiger partial charge in [-0.25, -0.2) is 4.79 Å². The fourth-order valence-electron chi connectivity index (χ4n) is 2.86. The Bertz CT molecular complexity index is 1100. The van der Waals surface area contributed by atoms with Crippen molar-refractivity contribution in [3.63, 3.8) is 0 Å². The van der Waals surface area contributed by atoms with Crippen molar-refractivity contribution < 1.29 is 14.3 Å². The normalized spacial score (nSPS) is 10.9. The number of furan rings is 1. The Hall–Kier alpha value is -3.32. The molecule has 0 unspecified atom stereocenters. The minimum atomic E-state index is -0.928. The van der Waals surface area contributed by atoms with Crippen LogP contribution in [-0.4, -0.2) is 25.8 Å². The molecular weight excluding hydrogens is 374 g/mol. The van der Waals surface area contributed by atoms with Gasteiger partial charge in [0.15, 0.2) is 11.0 Å². The first kappa shape index (κ1) is 18.1. The van der Waals surface area contributed by atoms with Gasteiger partial charge in [-0.15, -0.1) is 10.2 Å². The number of benzene rings is 2. The molecule has 0 bridgehead atoms. The van der Waals surface area contributed by atoms with Crippen molar-refractivity contribution in [2.24, 2.45) is 0 Å². The van der Waals surface area contributed by atoms with E-state index in [4.69, 9.17) is 9.52 Å². The number of thioether (sulfide) groups is 1. The molecule has 0 aliphatic heterocycles. The van der Waals surface area contributed by atoms with Gasteiger partial charge < -0.3 is 9.52 Å². The molecular formula is C21H17N3O3S. The molecule has 1 N–H and O–H groups in total. The van der Waals surface area contributed by atoms with E-state index in [1.807, 2.05) is 60.0 Å². The summed E-state index contributed by atoms with van der Waals surface area (Å²) in [6.45, 7) is 1.90. The first-order chi connectivity index (χ1) is 13.6. The molecule has 0 fully saturated rings. The van der Waals surface area contributed by atoms with Crippen molar-refractivity contribution in [2.45, 2.75) is 17.8 Å². The molecule has 0 spiro atoms. The van der Waals surface area contributed by atoms with Crippen molar-refractivity contribution in [2.75, 3.05) is 0 Å². The number of aryl methyl sites for hydroxylation is 1. The van der Waals surface area contributed by atoms with Crippen molar-refractivity contribution in [1.29, 1.82) is 0 Å². The summed E-state index contributed by atoms with van der Waals surface area (Å²) in [4.78, 5) is 11.0. The van der Waals surface area contributed by atoms with Gasteiger partial charge in [-0.2, -0.15) is 0 Å². The molecule has 0 amide bonds. The highest BCUT2D eigenvalue weighted by Crippen LogP contribution is 2.31. The van der Waals surface area contributed by atoms with E-state index >= 15 is 0 Å². The molecule has 0 saturated heterocycles. The van der Waals surface area contributed by atoms with Crippen LogP contribution in [0, 0.1) is 6.92 Å². The smallest absolute Gasteiger partial charge is 0.335 e. The number of hydrogen-bond donors (Lipinski definition) is 1. The molecule has 4 aromatic rings. The lowest BCUT2D eigenvalue weighted by Crippen LogP contribution is -2.00. The average molecular weight is 391 g/mol. The first-order valence-electron chi connectivity index (χ1n) is 8.64. The van der Waals surface area contributed by atoms with E-state index in [9.17, 15) is 4.79 Å². The lowest BCUT2D eigenvalue weighted by Gasteiger charge is -2.10. The molecule has 4 rings (SSSR count). The summed E-state index contributed by atoms with van der Waals surface area (Å²) in [6.07, 6.45) is 1.64. The van der Waals surface area contributed by atoms with E-state index < -0.39 is 5.97 Å². The quantitative estimate of drug-likeness (QED) is 0.474. The zero-order chi connectivity index (χ0) is 19.5. The van der Waals surface area contributed by atoms with E-state index in [1.165, 1.54) is 0 Å². The van der Waals surface area contributed by atoms with Crippen LogP contribution in [0.15, 0.2) is 76.5 Å². The van der Waals surface area contributed by atoms with Crippen LogP contribution in [0.3, 0.4) is 0 Å². The molecule has 0 saturated carbocycles. The number of carbonyl (C=O) groups is 1. The molecule has 2 heterocycles. The lowest BCUT2D eigenvalue weighted by molar-refractivity contribution is 0.0697. The molecule has 0 radical (unpaired) electrons. The van der Waals surface area contributed by atoms with Gasteiger partial charge in [-0.3, -0.25) is 4.57 Å². The minimum Gasteiger partial charge on any atom is -0.478 e. The summed E-state index contributed by atoms with van der Waals surface area (Å²) in [5.41, 5.74) is 3.15. The zero-order valence-corrected chi connectivity index (χ0v) is 15.9. The molecule has 7 heteroatoms. The Morgan fingerprint density at radius 1 is 1.07 bits per heavy atom. The van der Waals surface area contributed by atoms with Gasteiger partial charge in [0.1, 0.15) is 5.76 Å². The third-order valence-electron chi connectivity index (χ3n) is 4.32. The van der Waals surface area contributed by atoms with Crippen LogP contribution < -0.4 is 0 Å². The number of carboxylic acid groups (broad SMARTS) is 1. The lowest BCUT2D eigenvalue weighted by atomic mass is 10.1. The van der Waals surface area contributed by atoms with Crippen LogP contribution in [0.4, 0.5) is 0 Å². The molecule has 2 aromatic heterocycles. The second-order valence-electron chi connectivity index (χ2n) is 6.16. The maximum absolute atomic E-state index is 11.0. The van der Waals surface area contributed by atoms with Crippen LogP contribution in [-0.2, 0) is 5.75 Å². The molecule has 0 aliphatic rings. The summed E-state index contributed by atoms with van der Waals surface area (Å²) in [5.74, 6) is 1.23. The van der Waals surface area contributed by atoms with Gasteiger partial charge in [0, 0.05) is 11.4 Å². The number of carboxylic acids is 1. The molecule has 2 aromatic carbocycles. The molecule has 6 nitrogen and oxygen atoms in total. The molecule has 140 valence electrons. The summed E-state index contributed by atoms with van der Waals surface area (Å²) < 4.78 is 7.45. The largest absolute Gasteiger partial charge is 0.478 e. The Morgan fingerprint density at radius 3 is 2.46 bits per heavy atom. The first-order valence-corrected chi connectivity index (χ1v) is 9.62. The van der Waals surface area contributed by atoms with Gasteiger partial charge in [-0.1, -0.05) is 42.1 Å². The fraction of sp³-hybridized carbons (Fsp3) is 0.0952. The van der Waals surface area contributed by atoms with Crippen molar-refractivity contribution in [3.8, 4) is 17.1 Å². The molecule has 0 atom stereocenters. The van der Waals surface area contributed by atoms with Crippen LogP contribution >= 0.6 is 11.8 Å².